The van der Waals surface area contributed by atoms with Crippen molar-refractivity contribution in [2.24, 2.45) is 5.92 Å². The lowest BCUT2D eigenvalue weighted by molar-refractivity contribution is -0.124. The number of thiophene rings is 1. The first kappa shape index (κ1) is 21.3. The van der Waals surface area contributed by atoms with Crippen molar-refractivity contribution >= 4 is 23.2 Å². The molecule has 0 aliphatic carbocycles. The molecule has 1 aliphatic heterocycles. The van der Waals surface area contributed by atoms with Gasteiger partial charge in [-0.25, -0.2) is 0 Å². The van der Waals surface area contributed by atoms with Gasteiger partial charge >= 0.3 is 0 Å². The number of benzene rings is 2. The van der Waals surface area contributed by atoms with Crippen LogP contribution in [0.5, 0.6) is 0 Å². The van der Waals surface area contributed by atoms with E-state index in [4.69, 9.17) is 0 Å². The lowest BCUT2D eigenvalue weighted by Gasteiger charge is -2.42. The van der Waals surface area contributed by atoms with E-state index in [2.05, 4.69) is 31.3 Å². The molecule has 2 aromatic carbocycles. The molecule has 3 aromatic rings. The highest BCUT2D eigenvalue weighted by atomic mass is 32.1. The number of rotatable bonds is 6. The predicted molar refractivity (Wildman–Crippen MR) is 125 cm³/mol. The standard InChI is InChI=1S/C26H28N2O2S/c1-17(2)16-28-24(22-9-6-14-31-22)23(20-7-4-5-8-21(20)26(28)30)25(29)27-15-19-12-10-18(3)11-13-19/h4-14,17,23-24H,15-16H2,1-3H3,(H,27,29)/t23-,24+/m1/s1. The molecule has 5 heteroatoms. The minimum atomic E-state index is -0.447. The third-order valence-electron chi connectivity index (χ3n) is 5.70. The van der Waals surface area contributed by atoms with Gasteiger partial charge in [-0.15, -0.1) is 11.3 Å². The highest BCUT2D eigenvalue weighted by Crippen LogP contribution is 2.44. The van der Waals surface area contributed by atoms with Gasteiger partial charge in [0.1, 0.15) is 0 Å². The van der Waals surface area contributed by atoms with Crippen molar-refractivity contribution in [2.75, 3.05) is 6.54 Å². The number of nitrogens with zero attached hydrogens (tertiary/aromatic N) is 1. The topological polar surface area (TPSA) is 49.4 Å². The van der Waals surface area contributed by atoms with Gasteiger partial charge in [0.05, 0.1) is 12.0 Å². The predicted octanol–water partition coefficient (Wildman–Crippen LogP) is 5.31. The lowest BCUT2D eigenvalue weighted by atomic mass is 9.81. The second-order valence-electron chi connectivity index (χ2n) is 8.58. The number of fused-ring (bicyclic) bond motifs is 1. The number of hydrogen-bond acceptors (Lipinski definition) is 3. The average Bonchev–Trinajstić information content (AvgIpc) is 3.29. The molecule has 1 aromatic heterocycles. The first-order chi connectivity index (χ1) is 15.0. The Morgan fingerprint density at radius 1 is 1.06 bits per heavy atom. The molecule has 0 saturated carbocycles. The summed E-state index contributed by atoms with van der Waals surface area (Å²) < 4.78 is 0. The highest BCUT2D eigenvalue weighted by Gasteiger charge is 2.44. The van der Waals surface area contributed by atoms with E-state index >= 15 is 0 Å². The van der Waals surface area contributed by atoms with E-state index in [1.807, 2.05) is 65.7 Å². The van der Waals surface area contributed by atoms with Crippen LogP contribution in [0.1, 0.15) is 57.7 Å². The number of carbonyl (C=O) groups excluding carboxylic acids is 2. The maximum absolute atomic E-state index is 13.6. The number of carbonyl (C=O) groups is 2. The fourth-order valence-electron chi connectivity index (χ4n) is 4.25. The molecule has 0 radical (unpaired) electrons. The Morgan fingerprint density at radius 2 is 1.81 bits per heavy atom. The summed E-state index contributed by atoms with van der Waals surface area (Å²) in [5, 5.41) is 5.15. The highest BCUT2D eigenvalue weighted by molar-refractivity contribution is 7.10. The van der Waals surface area contributed by atoms with Crippen LogP contribution in [0.25, 0.3) is 0 Å². The molecule has 0 unspecified atom stereocenters. The summed E-state index contributed by atoms with van der Waals surface area (Å²) in [6.07, 6.45) is 0. The van der Waals surface area contributed by atoms with E-state index in [9.17, 15) is 9.59 Å². The second-order valence-corrected chi connectivity index (χ2v) is 9.56. The van der Waals surface area contributed by atoms with Crippen LogP contribution in [0, 0.1) is 12.8 Å². The first-order valence-corrected chi connectivity index (χ1v) is 11.6. The Labute approximate surface area is 187 Å². The van der Waals surface area contributed by atoms with Gasteiger partial charge < -0.3 is 10.2 Å². The quantitative estimate of drug-likeness (QED) is 0.574. The third-order valence-corrected chi connectivity index (χ3v) is 6.65. The zero-order valence-corrected chi connectivity index (χ0v) is 19.0. The van der Waals surface area contributed by atoms with Crippen LogP contribution in [0.4, 0.5) is 0 Å². The number of hydrogen-bond donors (Lipinski definition) is 1. The van der Waals surface area contributed by atoms with E-state index in [1.165, 1.54) is 5.56 Å². The molecule has 2 heterocycles. The molecule has 0 bridgehead atoms. The van der Waals surface area contributed by atoms with Crippen molar-refractivity contribution in [1.82, 2.24) is 10.2 Å². The fourth-order valence-corrected chi connectivity index (χ4v) is 5.13. The monoisotopic (exact) mass is 432 g/mol. The molecule has 4 nitrogen and oxygen atoms in total. The van der Waals surface area contributed by atoms with Crippen molar-refractivity contribution in [2.45, 2.75) is 39.3 Å². The van der Waals surface area contributed by atoms with Gasteiger partial charge in [-0.2, -0.15) is 0 Å². The van der Waals surface area contributed by atoms with E-state index < -0.39 is 5.92 Å². The third kappa shape index (κ3) is 4.42. The van der Waals surface area contributed by atoms with Crippen molar-refractivity contribution in [3.8, 4) is 0 Å². The second kappa shape index (κ2) is 9.06. The number of aryl methyl sites for hydroxylation is 1. The Bertz CT molecular complexity index is 1060. The zero-order valence-electron chi connectivity index (χ0n) is 18.2. The average molecular weight is 433 g/mol. The van der Waals surface area contributed by atoms with Gasteiger partial charge in [-0.05, 0) is 41.5 Å². The lowest BCUT2D eigenvalue weighted by Crippen LogP contribution is -2.48. The Morgan fingerprint density at radius 3 is 2.48 bits per heavy atom. The summed E-state index contributed by atoms with van der Waals surface area (Å²) in [7, 11) is 0. The number of amides is 2. The van der Waals surface area contributed by atoms with Crippen LogP contribution in [0.2, 0.25) is 0 Å². The summed E-state index contributed by atoms with van der Waals surface area (Å²) in [6.45, 7) is 7.33. The molecule has 4 rings (SSSR count). The molecule has 160 valence electrons. The first-order valence-electron chi connectivity index (χ1n) is 10.7. The molecule has 0 saturated heterocycles. The maximum Gasteiger partial charge on any atom is 0.254 e. The molecular formula is C26H28N2O2S. The summed E-state index contributed by atoms with van der Waals surface area (Å²) in [6, 6.07) is 19.4. The van der Waals surface area contributed by atoms with Crippen LogP contribution >= 0.6 is 11.3 Å². The summed E-state index contributed by atoms with van der Waals surface area (Å²) in [5.74, 6) is -0.192. The van der Waals surface area contributed by atoms with Crippen molar-refractivity contribution in [3.05, 3.63) is 93.2 Å². The molecule has 0 spiro atoms. The van der Waals surface area contributed by atoms with Crippen LogP contribution < -0.4 is 5.32 Å². The summed E-state index contributed by atoms with van der Waals surface area (Å²) in [4.78, 5) is 30.0. The van der Waals surface area contributed by atoms with Gasteiger partial charge in [-0.1, -0.05) is 67.9 Å². The van der Waals surface area contributed by atoms with Crippen molar-refractivity contribution in [1.29, 1.82) is 0 Å². The summed E-state index contributed by atoms with van der Waals surface area (Å²) >= 11 is 1.60. The number of nitrogens with one attached hydrogen (secondary N) is 1. The van der Waals surface area contributed by atoms with Crippen LogP contribution in [-0.2, 0) is 11.3 Å². The van der Waals surface area contributed by atoms with Gasteiger partial charge in [-0.3, -0.25) is 9.59 Å². The van der Waals surface area contributed by atoms with Gasteiger partial charge in [0.2, 0.25) is 5.91 Å². The molecule has 31 heavy (non-hydrogen) atoms. The van der Waals surface area contributed by atoms with Crippen LogP contribution in [0.15, 0.2) is 66.0 Å². The Kier molecular flexibility index (Phi) is 6.23. The largest absolute Gasteiger partial charge is 0.351 e. The minimum Gasteiger partial charge on any atom is -0.351 e. The van der Waals surface area contributed by atoms with Gasteiger partial charge in [0.15, 0.2) is 0 Å². The maximum atomic E-state index is 13.6. The van der Waals surface area contributed by atoms with E-state index in [1.54, 1.807) is 11.3 Å². The van der Waals surface area contributed by atoms with Gasteiger partial charge in [0, 0.05) is 23.5 Å². The molecule has 0 fully saturated rings. The molecule has 1 N–H and O–H groups in total. The Hall–Kier alpha value is -2.92. The normalized spacial score (nSPS) is 18.2. The molecule has 2 amide bonds. The van der Waals surface area contributed by atoms with Crippen molar-refractivity contribution < 1.29 is 9.59 Å². The smallest absolute Gasteiger partial charge is 0.254 e. The SMILES string of the molecule is Cc1ccc(CNC(=O)[C@@H]2c3ccccc3C(=O)N(CC(C)C)[C@H]2c2cccs2)cc1. The van der Waals surface area contributed by atoms with Crippen molar-refractivity contribution in [3.63, 3.8) is 0 Å². The molecule has 2 atom stereocenters. The summed E-state index contributed by atoms with van der Waals surface area (Å²) in [5.41, 5.74) is 3.70. The van der Waals surface area contributed by atoms with E-state index in [0.717, 1.165) is 16.0 Å². The molecule has 1 aliphatic rings. The van der Waals surface area contributed by atoms with E-state index in [-0.39, 0.29) is 17.9 Å². The minimum absolute atomic E-state index is 0.00489. The Balaban J connectivity index is 1.72. The zero-order chi connectivity index (χ0) is 22.0. The van der Waals surface area contributed by atoms with Gasteiger partial charge in [0.25, 0.3) is 5.91 Å². The van der Waals surface area contributed by atoms with Crippen LogP contribution in [0.3, 0.4) is 0 Å². The van der Waals surface area contributed by atoms with Crippen LogP contribution in [-0.4, -0.2) is 23.3 Å². The van der Waals surface area contributed by atoms with E-state index in [0.29, 0.717) is 24.6 Å². The fraction of sp³-hybridized carbons (Fsp3) is 0.308. The molecular weight excluding hydrogens is 404 g/mol.